The van der Waals surface area contributed by atoms with Crippen molar-refractivity contribution in [2.24, 2.45) is 0 Å². The number of aromatic nitrogens is 3. The zero-order chi connectivity index (χ0) is 14.7. The molecule has 6 heteroatoms. The van der Waals surface area contributed by atoms with Gasteiger partial charge in [0.05, 0.1) is 11.3 Å². The highest BCUT2D eigenvalue weighted by Crippen LogP contribution is 2.20. The highest BCUT2D eigenvalue weighted by molar-refractivity contribution is 6.04. The number of benzene rings is 1. The minimum Gasteiger partial charge on any atom is -0.322 e. The fourth-order valence-electron chi connectivity index (χ4n) is 1.89. The first-order valence-corrected chi connectivity index (χ1v) is 6.25. The lowest BCUT2D eigenvalue weighted by atomic mass is 10.1. The minimum absolute atomic E-state index is 0.295. The van der Waals surface area contributed by atoms with Crippen molar-refractivity contribution in [1.82, 2.24) is 15.2 Å². The van der Waals surface area contributed by atoms with Crippen LogP contribution >= 0.6 is 0 Å². The van der Waals surface area contributed by atoms with E-state index in [9.17, 15) is 9.18 Å². The lowest BCUT2D eigenvalue weighted by Gasteiger charge is -2.06. The van der Waals surface area contributed by atoms with E-state index in [1.807, 2.05) is 24.3 Å². The summed E-state index contributed by atoms with van der Waals surface area (Å²) < 4.78 is 12.7. The van der Waals surface area contributed by atoms with E-state index in [0.29, 0.717) is 11.3 Å². The maximum atomic E-state index is 12.7. The van der Waals surface area contributed by atoms with Gasteiger partial charge in [0.1, 0.15) is 0 Å². The van der Waals surface area contributed by atoms with E-state index in [0.717, 1.165) is 17.3 Å². The molecular formula is C15H11FN4O. The molecule has 1 aromatic carbocycles. The molecule has 21 heavy (non-hydrogen) atoms. The van der Waals surface area contributed by atoms with Crippen LogP contribution in [0.3, 0.4) is 0 Å². The second kappa shape index (κ2) is 5.54. The Bertz CT molecular complexity index is 754. The Morgan fingerprint density at radius 1 is 1.19 bits per heavy atom. The molecule has 5 nitrogen and oxygen atoms in total. The Morgan fingerprint density at radius 2 is 2.10 bits per heavy atom. The van der Waals surface area contributed by atoms with Crippen LogP contribution in [0.5, 0.6) is 0 Å². The zero-order valence-electron chi connectivity index (χ0n) is 10.9. The maximum absolute atomic E-state index is 12.7. The second-order valence-corrected chi connectivity index (χ2v) is 4.37. The number of carbonyl (C=O) groups excluding carboxylic acids is 1. The van der Waals surface area contributed by atoms with Crippen molar-refractivity contribution in [2.75, 3.05) is 5.32 Å². The quantitative estimate of drug-likeness (QED) is 0.726. The van der Waals surface area contributed by atoms with Crippen molar-refractivity contribution in [2.45, 2.75) is 0 Å². The Labute approximate surface area is 119 Å². The van der Waals surface area contributed by atoms with Crippen LogP contribution in [0.4, 0.5) is 10.1 Å². The number of rotatable bonds is 3. The first-order valence-electron chi connectivity index (χ1n) is 6.25. The summed E-state index contributed by atoms with van der Waals surface area (Å²) in [6.07, 6.45) is 2.86. The summed E-state index contributed by atoms with van der Waals surface area (Å²) in [5.74, 6) is -0.961. The molecule has 0 unspecified atom stereocenters. The van der Waals surface area contributed by atoms with E-state index in [4.69, 9.17) is 0 Å². The molecule has 3 aromatic rings. The molecule has 0 aliphatic rings. The Balaban J connectivity index is 1.80. The lowest BCUT2D eigenvalue weighted by Crippen LogP contribution is -2.12. The van der Waals surface area contributed by atoms with Gasteiger partial charge in [-0.2, -0.15) is 9.49 Å². The van der Waals surface area contributed by atoms with Crippen molar-refractivity contribution in [3.8, 4) is 11.3 Å². The smallest absolute Gasteiger partial charge is 0.257 e. The number of amides is 1. The monoisotopic (exact) mass is 282 g/mol. The number of hydrogen-bond acceptors (Lipinski definition) is 3. The van der Waals surface area contributed by atoms with Crippen LogP contribution in [0, 0.1) is 5.95 Å². The van der Waals surface area contributed by atoms with Gasteiger partial charge in [-0.3, -0.25) is 9.89 Å². The predicted octanol–water partition coefficient (Wildman–Crippen LogP) is 2.86. The molecule has 104 valence electrons. The summed E-state index contributed by atoms with van der Waals surface area (Å²) in [5, 5.41) is 9.49. The molecule has 0 saturated heterocycles. The number of nitrogens with one attached hydrogen (secondary N) is 2. The molecule has 0 fully saturated rings. The molecule has 2 heterocycles. The van der Waals surface area contributed by atoms with Crippen molar-refractivity contribution < 1.29 is 9.18 Å². The van der Waals surface area contributed by atoms with Crippen molar-refractivity contribution in [3.05, 3.63) is 66.4 Å². The molecule has 1 amide bonds. The van der Waals surface area contributed by atoms with E-state index in [1.165, 1.54) is 12.3 Å². The second-order valence-electron chi connectivity index (χ2n) is 4.37. The van der Waals surface area contributed by atoms with Gasteiger partial charge in [-0.25, -0.2) is 4.98 Å². The summed E-state index contributed by atoms with van der Waals surface area (Å²) in [5.41, 5.74) is 2.69. The van der Waals surface area contributed by atoms with Gasteiger partial charge in [0.2, 0.25) is 5.95 Å². The molecule has 0 bridgehead atoms. The van der Waals surface area contributed by atoms with Gasteiger partial charge in [0.15, 0.2) is 0 Å². The number of nitrogens with zero attached hydrogens (tertiary/aromatic N) is 2. The van der Waals surface area contributed by atoms with E-state index < -0.39 is 5.95 Å². The highest BCUT2D eigenvalue weighted by Gasteiger charge is 2.08. The average Bonchev–Trinajstić information content (AvgIpc) is 3.02. The molecule has 0 aliphatic heterocycles. The first kappa shape index (κ1) is 13.0. The lowest BCUT2D eigenvalue weighted by molar-refractivity contribution is 0.102. The fraction of sp³-hybridized carbons (Fsp3) is 0. The minimum atomic E-state index is -0.618. The number of anilines is 1. The number of aromatic amines is 1. The molecule has 2 N–H and O–H groups in total. The molecule has 3 rings (SSSR count). The van der Waals surface area contributed by atoms with E-state index in [2.05, 4.69) is 20.5 Å². The van der Waals surface area contributed by atoms with Gasteiger partial charge in [-0.15, -0.1) is 0 Å². The molecule has 0 radical (unpaired) electrons. The van der Waals surface area contributed by atoms with E-state index >= 15 is 0 Å². The Hall–Kier alpha value is -3.02. The molecule has 2 aromatic heterocycles. The molecular weight excluding hydrogens is 271 g/mol. The van der Waals surface area contributed by atoms with Crippen LogP contribution in [0.1, 0.15) is 10.4 Å². The Morgan fingerprint density at radius 3 is 2.81 bits per heavy atom. The van der Waals surface area contributed by atoms with E-state index in [-0.39, 0.29) is 5.91 Å². The topological polar surface area (TPSA) is 70.7 Å². The van der Waals surface area contributed by atoms with E-state index in [1.54, 1.807) is 12.3 Å². The summed E-state index contributed by atoms with van der Waals surface area (Å²) in [6, 6.07) is 11.7. The van der Waals surface area contributed by atoms with Crippen LogP contribution in [-0.4, -0.2) is 21.1 Å². The largest absolute Gasteiger partial charge is 0.322 e. The number of pyridine rings is 1. The van der Waals surface area contributed by atoms with Gasteiger partial charge in [0, 0.05) is 23.6 Å². The first-order chi connectivity index (χ1) is 10.2. The average molecular weight is 282 g/mol. The van der Waals surface area contributed by atoms with Gasteiger partial charge in [0.25, 0.3) is 5.91 Å². The maximum Gasteiger partial charge on any atom is 0.257 e. The fourth-order valence-corrected chi connectivity index (χ4v) is 1.89. The van der Waals surface area contributed by atoms with Crippen LogP contribution in [-0.2, 0) is 0 Å². The van der Waals surface area contributed by atoms with Crippen LogP contribution < -0.4 is 5.32 Å². The summed E-state index contributed by atoms with van der Waals surface area (Å²) in [7, 11) is 0. The third-order valence-electron chi connectivity index (χ3n) is 2.92. The molecule has 0 spiro atoms. The third kappa shape index (κ3) is 2.94. The van der Waals surface area contributed by atoms with Crippen molar-refractivity contribution >= 4 is 11.6 Å². The standard InChI is InChI=1S/C15H11FN4O/c16-14-5-4-11(9-17-14)15(21)19-12-3-1-2-10(8-12)13-6-7-18-20-13/h1-9H,(H,18,20)(H,19,21). The van der Waals surface area contributed by atoms with Crippen molar-refractivity contribution in [3.63, 3.8) is 0 Å². The van der Waals surface area contributed by atoms with Gasteiger partial charge >= 0.3 is 0 Å². The normalized spacial score (nSPS) is 10.3. The number of carbonyl (C=O) groups is 1. The third-order valence-corrected chi connectivity index (χ3v) is 2.92. The molecule has 0 atom stereocenters. The van der Waals surface area contributed by atoms with Crippen LogP contribution in [0.2, 0.25) is 0 Å². The number of H-pyrrole nitrogens is 1. The summed E-state index contributed by atoms with van der Waals surface area (Å²) in [6.45, 7) is 0. The predicted molar refractivity (Wildman–Crippen MR) is 76.2 cm³/mol. The zero-order valence-corrected chi connectivity index (χ0v) is 10.9. The van der Waals surface area contributed by atoms with Crippen molar-refractivity contribution in [1.29, 1.82) is 0 Å². The molecule has 0 saturated carbocycles. The van der Waals surface area contributed by atoms with Gasteiger partial charge in [-0.05, 0) is 30.3 Å². The van der Waals surface area contributed by atoms with Gasteiger partial charge < -0.3 is 5.32 Å². The van der Waals surface area contributed by atoms with Crippen LogP contribution in [0.25, 0.3) is 11.3 Å². The molecule has 0 aliphatic carbocycles. The number of halogens is 1. The van der Waals surface area contributed by atoms with Crippen LogP contribution in [0.15, 0.2) is 54.9 Å². The van der Waals surface area contributed by atoms with Gasteiger partial charge in [-0.1, -0.05) is 12.1 Å². The number of hydrogen-bond donors (Lipinski definition) is 2. The highest BCUT2D eigenvalue weighted by atomic mass is 19.1. The summed E-state index contributed by atoms with van der Waals surface area (Å²) >= 11 is 0. The SMILES string of the molecule is O=C(Nc1cccc(-c2ccn[nH]2)c1)c1ccc(F)nc1. The Kier molecular flexibility index (Phi) is 3.42. The summed E-state index contributed by atoms with van der Waals surface area (Å²) in [4.78, 5) is 15.5.